The Morgan fingerprint density at radius 1 is 1.05 bits per heavy atom. The van der Waals surface area contributed by atoms with E-state index in [2.05, 4.69) is 15.0 Å². The number of halogens is 2. The Labute approximate surface area is 120 Å². The van der Waals surface area contributed by atoms with Gasteiger partial charge in [-0.25, -0.2) is 14.4 Å². The van der Waals surface area contributed by atoms with Gasteiger partial charge in [-0.05, 0) is 38.1 Å². The molecule has 20 heavy (non-hydrogen) atoms. The highest BCUT2D eigenvalue weighted by Gasteiger charge is 2.13. The van der Waals surface area contributed by atoms with Crippen molar-refractivity contribution < 1.29 is 4.39 Å². The number of aryl methyl sites for hydroxylation is 2. The van der Waals surface area contributed by atoms with Crippen molar-refractivity contribution in [3.8, 4) is 11.3 Å². The van der Waals surface area contributed by atoms with Gasteiger partial charge in [0.25, 0.3) is 0 Å². The largest absolute Gasteiger partial charge is 0.254 e. The van der Waals surface area contributed by atoms with Gasteiger partial charge >= 0.3 is 0 Å². The minimum absolute atomic E-state index is 0.351. The van der Waals surface area contributed by atoms with Crippen LogP contribution in [0.3, 0.4) is 0 Å². The van der Waals surface area contributed by atoms with E-state index in [1.54, 1.807) is 24.4 Å². The highest BCUT2D eigenvalue weighted by atomic mass is 35.5. The highest BCUT2D eigenvalue weighted by molar-refractivity contribution is 6.30. The fourth-order valence-corrected chi connectivity index (χ4v) is 2.19. The van der Waals surface area contributed by atoms with Crippen molar-refractivity contribution in [3.63, 3.8) is 0 Å². The van der Waals surface area contributed by atoms with Crippen LogP contribution in [0.25, 0.3) is 22.3 Å². The predicted octanol–water partition coefficient (Wildman–Crippen LogP) is 4.10. The van der Waals surface area contributed by atoms with E-state index in [4.69, 9.17) is 11.6 Å². The lowest BCUT2D eigenvalue weighted by Gasteiger charge is -2.08. The van der Waals surface area contributed by atoms with Crippen LogP contribution in [0.4, 0.5) is 4.39 Å². The summed E-state index contributed by atoms with van der Waals surface area (Å²) in [5.74, 6) is -0.419. The summed E-state index contributed by atoms with van der Waals surface area (Å²) >= 11 is 5.78. The molecule has 0 unspecified atom stereocenters. The molecule has 0 aliphatic heterocycles. The standard InChI is InChI=1S/C15H11ClFN3/c1-8-9(2)20-15-13(19-8)5-6-18-14(15)11-4-3-10(16)7-12(11)17/h3-7H,1-2H3. The summed E-state index contributed by atoms with van der Waals surface area (Å²) in [5.41, 5.74) is 3.81. The molecule has 1 aromatic carbocycles. The number of rotatable bonds is 1. The van der Waals surface area contributed by atoms with Crippen molar-refractivity contribution in [2.75, 3.05) is 0 Å². The number of aromatic nitrogens is 3. The molecule has 2 heterocycles. The maximum absolute atomic E-state index is 14.1. The first-order valence-electron chi connectivity index (χ1n) is 6.11. The van der Waals surface area contributed by atoms with Gasteiger partial charge in [0.05, 0.1) is 16.9 Å². The van der Waals surface area contributed by atoms with Crippen LogP contribution in [0.5, 0.6) is 0 Å². The lowest BCUT2D eigenvalue weighted by atomic mass is 10.1. The highest BCUT2D eigenvalue weighted by Crippen LogP contribution is 2.28. The summed E-state index contributed by atoms with van der Waals surface area (Å²) in [4.78, 5) is 13.2. The Kier molecular flexibility index (Phi) is 3.10. The second kappa shape index (κ2) is 4.80. The summed E-state index contributed by atoms with van der Waals surface area (Å²) in [6.07, 6.45) is 1.61. The van der Waals surface area contributed by atoms with Crippen molar-refractivity contribution >= 4 is 22.6 Å². The van der Waals surface area contributed by atoms with Gasteiger partial charge in [0.2, 0.25) is 0 Å². The molecule has 5 heteroatoms. The lowest BCUT2D eigenvalue weighted by molar-refractivity contribution is 0.631. The number of pyridine rings is 1. The van der Waals surface area contributed by atoms with E-state index < -0.39 is 5.82 Å². The zero-order valence-electron chi connectivity index (χ0n) is 11.0. The topological polar surface area (TPSA) is 38.7 Å². The van der Waals surface area contributed by atoms with Crippen molar-refractivity contribution in [2.24, 2.45) is 0 Å². The van der Waals surface area contributed by atoms with E-state index >= 15 is 0 Å². The lowest BCUT2D eigenvalue weighted by Crippen LogP contribution is -1.97. The van der Waals surface area contributed by atoms with Crippen LogP contribution in [-0.2, 0) is 0 Å². The predicted molar refractivity (Wildman–Crippen MR) is 77.2 cm³/mol. The van der Waals surface area contributed by atoms with E-state index in [-0.39, 0.29) is 0 Å². The molecule has 0 saturated heterocycles. The minimum Gasteiger partial charge on any atom is -0.254 e. The molecule has 100 valence electrons. The van der Waals surface area contributed by atoms with Crippen LogP contribution in [0, 0.1) is 19.7 Å². The second-order valence-corrected chi connectivity index (χ2v) is 4.98. The Morgan fingerprint density at radius 3 is 2.55 bits per heavy atom. The molecule has 0 amide bonds. The van der Waals surface area contributed by atoms with Gasteiger partial charge in [0.15, 0.2) is 0 Å². The molecular formula is C15H11ClFN3. The summed E-state index contributed by atoms with van der Waals surface area (Å²) in [6.45, 7) is 3.77. The Hall–Kier alpha value is -2.07. The van der Waals surface area contributed by atoms with Crippen molar-refractivity contribution in [1.29, 1.82) is 0 Å². The summed E-state index contributed by atoms with van der Waals surface area (Å²) in [5, 5.41) is 0.351. The first kappa shape index (κ1) is 12.9. The first-order valence-corrected chi connectivity index (χ1v) is 6.49. The van der Waals surface area contributed by atoms with Crippen molar-refractivity contribution in [3.05, 3.63) is 52.7 Å². The normalized spacial score (nSPS) is 11.0. The van der Waals surface area contributed by atoms with E-state index in [0.717, 1.165) is 11.4 Å². The molecule has 0 bridgehead atoms. The molecule has 0 N–H and O–H groups in total. The summed E-state index contributed by atoms with van der Waals surface area (Å²) in [7, 11) is 0. The zero-order valence-corrected chi connectivity index (χ0v) is 11.7. The van der Waals surface area contributed by atoms with E-state index in [0.29, 0.717) is 27.3 Å². The van der Waals surface area contributed by atoms with Crippen LogP contribution >= 0.6 is 11.6 Å². The number of nitrogens with zero attached hydrogens (tertiary/aromatic N) is 3. The quantitative estimate of drug-likeness (QED) is 0.676. The van der Waals surface area contributed by atoms with Crippen LogP contribution < -0.4 is 0 Å². The average molecular weight is 288 g/mol. The van der Waals surface area contributed by atoms with Gasteiger partial charge in [0.1, 0.15) is 17.0 Å². The van der Waals surface area contributed by atoms with Gasteiger partial charge in [-0.3, -0.25) is 4.98 Å². The van der Waals surface area contributed by atoms with Crippen LogP contribution in [0.15, 0.2) is 30.5 Å². The van der Waals surface area contributed by atoms with Gasteiger partial charge in [-0.1, -0.05) is 11.6 Å². The smallest absolute Gasteiger partial charge is 0.134 e. The minimum atomic E-state index is -0.419. The molecule has 2 aromatic heterocycles. The molecular weight excluding hydrogens is 277 g/mol. The van der Waals surface area contributed by atoms with E-state index in [1.807, 2.05) is 13.8 Å². The Morgan fingerprint density at radius 2 is 1.80 bits per heavy atom. The summed E-state index contributed by atoms with van der Waals surface area (Å²) < 4.78 is 14.1. The van der Waals surface area contributed by atoms with Crippen molar-refractivity contribution in [1.82, 2.24) is 15.0 Å². The fraction of sp³-hybridized carbons (Fsp3) is 0.133. The zero-order chi connectivity index (χ0) is 14.3. The molecule has 3 aromatic rings. The number of benzene rings is 1. The molecule has 0 spiro atoms. The van der Waals surface area contributed by atoms with Crippen LogP contribution in [0.1, 0.15) is 11.4 Å². The molecule has 3 rings (SSSR count). The second-order valence-electron chi connectivity index (χ2n) is 4.55. The monoisotopic (exact) mass is 287 g/mol. The molecule has 0 aliphatic rings. The molecule has 3 nitrogen and oxygen atoms in total. The van der Waals surface area contributed by atoms with E-state index in [1.165, 1.54) is 6.07 Å². The fourth-order valence-electron chi connectivity index (χ4n) is 2.03. The van der Waals surface area contributed by atoms with Gasteiger partial charge < -0.3 is 0 Å². The van der Waals surface area contributed by atoms with Gasteiger partial charge in [0, 0.05) is 16.8 Å². The molecule has 0 aliphatic carbocycles. The Bertz CT molecular complexity index is 818. The van der Waals surface area contributed by atoms with Crippen LogP contribution in [-0.4, -0.2) is 15.0 Å². The molecule has 0 fully saturated rings. The van der Waals surface area contributed by atoms with Crippen LogP contribution in [0.2, 0.25) is 5.02 Å². The van der Waals surface area contributed by atoms with Gasteiger partial charge in [-0.2, -0.15) is 0 Å². The molecule has 0 atom stereocenters. The third-order valence-corrected chi connectivity index (χ3v) is 3.42. The number of hydrogen-bond donors (Lipinski definition) is 0. The maximum atomic E-state index is 14.1. The third-order valence-electron chi connectivity index (χ3n) is 3.18. The molecule has 0 saturated carbocycles. The SMILES string of the molecule is Cc1nc2ccnc(-c3ccc(Cl)cc3F)c2nc1C. The first-order chi connectivity index (χ1) is 9.56. The summed E-state index contributed by atoms with van der Waals surface area (Å²) in [6, 6.07) is 6.28. The molecule has 0 radical (unpaired) electrons. The average Bonchev–Trinajstić information content (AvgIpc) is 2.40. The van der Waals surface area contributed by atoms with E-state index in [9.17, 15) is 4.39 Å². The number of hydrogen-bond acceptors (Lipinski definition) is 3. The van der Waals surface area contributed by atoms with Gasteiger partial charge in [-0.15, -0.1) is 0 Å². The van der Waals surface area contributed by atoms with Crippen molar-refractivity contribution in [2.45, 2.75) is 13.8 Å². The third kappa shape index (κ3) is 2.12. The number of fused-ring (bicyclic) bond motifs is 1. The Balaban J connectivity index is 2.33. The maximum Gasteiger partial charge on any atom is 0.134 e.